The maximum atomic E-state index is 13.3. The van der Waals surface area contributed by atoms with Gasteiger partial charge in [-0.2, -0.15) is 0 Å². The first-order valence-corrected chi connectivity index (χ1v) is 19.4. The Labute approximate surface area is 308 Å². The number of hydrogen-bond acceptors (Lipinski definition) is 5. The van der Waals surface area contributed by atoms with Crippen LogP contribution >= 0.6 is 0 Å². The average Bonchev–Trinajstić information content (AvgIpc) is 3.71. The van der Waals surface area contributed by atoms with Crippen LogP contribution in [0, 0.1) is 22.7 Å². The minimum atomic E-state index is -0.150. The number of para-hydroxylation sites is 1. The molecule has 6 aliphatic rings. The average molecular weight is 691 g/mol. The summed E-state index contributed by atoms with van der Waals surface area (Å²) >= 11 is 0. The van der Waals surface area contributed by atoms with Crippen LogP contribution in [0.4, 0.5) is 11.4 Å². The lowest BCUT2D eigenvalue weighted by Crippen LogP contribution is -2.49. The minimum Gasteiger partial charge on any atom is -0.497 e. The van der Waals surface area contributed by atoms with Gasteiger partial charge < -0.3 is 14.5 Å². The standard InChI is InChI=1S/C47H50N2O3/c1-46(2)29-41(51)26-36-24-38(48-20-19-32-7-5-6-8-43(32)48)27-47(3,45(36)46)28-39-23-35-21-33(30-11-16-42(52-4)17-12-30)13-18-44(35)49(39)37-14-9-31-10-15-40(50)25-34(31)22-37/h5-8,11-13,16-18,21-22,24-26,31,39,45H,9-10,14-15,19-20,23,27-29H2,1-4H3. The monoisotopic (exact) mass is 690 g/mol. The zero-order chi connectivity index (χ0) is 35.8. The number of ether oxygens (including phenoxy) is 1. The molecule has 0 bridgehead atoms. The number of ketones is 2. The number of nitrogens with zero attached hydrogens (tertiary/aromatic N) is 2. The van der Waals surface area contributed by atoms with E-state index in [9.17, 15) is 9.59 Å². The van der Waals surface area contributed by atoms with Crippen LogP contribution in [0.25, 0.3) is 11.1 Å². The van der Waals surface area contributed by atoms with Gasteiger partial charge in [-0.1, -0.05) is 57.2 Å². The van der Waals surface area contributed by atoms with Crippen LogP contribution in [0.2, 0.25) is 0 Å². The van der Waals surface area contributed by atoms with Crippen molar-refractivity contribution in [2.75, 3.05) is 23.5 Å². The molecule has 9 rings (SSSR count). The molecule has 52 heavy (non-hydrogen) atoms. The topological polar surface area (TPSA) is 49.9 Å². The van der Waals surface area contributed by atoms with Crippen LogP contribution in [-0.2, 0) is 22.4 Å². The van der Waals surface area contributed by atoms with E-state index in [0.29, 0.717) is 18.8 Å². The molecular formula is C47H50N2O3. The number of carbonyl (C=O) groups is 2. The van der Waals surface area contributed by atoms with Crippen molar-refractivity contribution in [3.8, 4) is 16.9 Å². The Balaban J connectivity index is 1.12. The third kappa shape index (κ3) is 5.68. The Hall–Kier alpha value is -4.64. The predicted molar refractivity (Wildman–Crippen MR) is 209 cm³/mol. The second-order valence-corrected chi connectivity index (χ2v) is 17.2. The molecule has 0 spiro atoms. The molecule has 5 heteroatoms. The number of rotatable bonds is 6. The maximum absolute atomic E-state index is 13.3. The Morgan fingerprint density at radius 1 is 0.731 bits per heavy atom. The summed E-state index contributed by atoms with van der Waals surface area (Å²) in [6.07, 6.45) is 17.0. The molecule has 4 unspecified atom stereocenters. The number of anilines is 2. The number of carbonyl (C=O) groups excluding carboxylic acids is 2. The molecular weight excluding hydrogens is 641 g/mol. The highest BCUT2D eigenvalue weighted by Crippen LogP contribution is 2.59. The first-order valence-electron chi connectivity index (χ1n) is 19.4. The molecule has 266 valence electrons. The summed E-state index contributed by atoms with van der Waals surface area (Å²) in [6.45, 7) is 8.15. The number of fused-ring (bicyclic) bond motifs is 4. The van der Waals surface area contributed by atoms with Crippen LogP contribution in [0.3, 0.4) is 0 Å². The minimum absolute atomic E-state index is 0.0841. The highest BCUT2D eigenvalue weighted by atomic mass is 16.5. The molecule has 0 radical (unpaired) electrons. The predicted octanol–water partition coefficient (Wildman–Crippen LogP) is 9.96. The van der Waals surface area contributed by atoms with Crippen LogP contribution < -0.4 is 14.5 Å². The fourth-order valence-corrected chi connectivity index (χ4v) is 11.2. The van der Waals surface area contributed by atoms with Crippen LogP contribution in [0.1, 0.15) is 76.8 Å². The molecule has 0 N–H and O–H groups in total. The molecule has 0 saturated carbocycles. The fourth-order valence-electron chi connectivity index (χ4n) is 11.2. The van der Waals surface area contributed by atoms with Crippen LogP contribution in [-0.4, -0.2) is 31.3 Å². The first kappa shape index (κ1) is 33.2. The molecule has 4 aliphatic carbocycles. The number of hydrogen-bond donors (Lipinski definition) is 0. The lowest BCUT2D eigenvalue weighted by molar-refractivity contribution is -0.119. The molecule has 0 aromatic heterocycles. The molecule has 4 atom stereocenters. The van der Waals surface area contributed by atoms with E-state index in [1.807, 2.05) is 24.3 Å². The largest absolute Gasteiger partial charge is 0.497 e. The van der Waals surface area contributed by atoms with Gasteiger partial charge in [0.25, 0.3) is 0 Å². The lowest BCUT2D eigenvalue weighted by Gasteiger charge is -2.54. The van der Waals surface area contributed by atoms with Crippen molar-refractivity contribution in [1.82, 2.24) is 0 Å². The summed E-state index contributed by atoms with van der Waals surface area (Å²) in [5.74, 6) is 2.12. The smallest absolute Gasteiger partial charge is 0.156 e. The van der Waals surface area contributed by atoms with Crippen molar-refractivity contribution in [3.63, 3.8) is 0 Å². The van der Waals surface area contributed by atoms with Gasteiger partial charge in [0.2, 0.25) is 0 Å². The summed E-state index contributed by atoms with van der Waals surface area (Å²) in [5, 5.41) is 0. The van der Waals surface area contributed by atoms with E-state index >= 15 is 0 Å². The van der Waals surface area contributed by atoms with Gasteiger partial charge in [0.15, 0.2) is 11.6 Å². The highest BCUT2D eigenvalue weighted by Gasteiger charge is 2.53. The molecule has 0 saturated heterocycles. The van der Waals surface area contributed by atoms with Gasteiger partial charge in [0, 0.05) is 48.2 Å². The van der Waals surface area contributed by atoms with Gasteiger partial charge in [-0.05, 0) is 156 Å². The maximum Gasteiger partial charge on any atom is 0.156 e. The Morgan fingerprint density at radius 3 is 2.31 bits per heavy atom. The zero-order valence-corrected chi connectivity index (χ0v) is 31.1. The summed E-state index contributed by atoms with van der Waals surface area (Å²) in [4.78, 5) is 31.1. The zero-order valence-electron chi connectivity index (χ0n) is 31.1. The van der Waals surface area contributed by atoms with Crippen molar-refractivity contribution in [2.45, 2.75) is 84.6 Å². The molecule has 2 heterocycles. The summed E-state index contributed by atoms with van der Waals surface area (Å²) in [6, 6.07) is 24.5. The van der Waals surface area contributed by atoms with E-state index in [-0.39, 0.29) is 34.4 Å². The fraction of sp³-hybridized carbons (Fsp3) is 0.404. The van der Waals surface area contributed by atoms with E-state index in [1.165, 1.54) is 56.2 Å². The highest BCUT2D eigenvalue weighted by molar-refractivity contribution is 5.93. The van der Waals surface area contributed by atoms with Crippen molar-refractivity contribution in [2.24, 2.45) is 22.7 Å². The molecule has 5 nitrogen and oxygen atoms in total. The van der Waals surface area contributed by atoms with Gasteiger partial charge in [0.05, 0.1) is 7.11 Å². The second kappa shape index (κ2) is 12.5. The number of methoxy groups -OCH3 is 1. The first-order chi connectivity index (χ1) is 25.1. The van der Waals surface area contributed by atoms with Crippen molar-refractivity contribution in [3.05, 3.63) is 125 Å². The van der Waals surface area contributed by atoms with Gasteiger partial charge in [-0.25, -0.2) is 0 Å². The normalized spacial score (nSPS) is 27.5. The van der Waals surface area contributed by atoms with Crippen molar-refractivity contribution in [1.29, 1.82) is 0 Å². The Bertz CT molecular complexity index is 2100. The van der Waals surface area contributed by atoms with Gasteiger partial charge in [0.1, 0.15) is 5.75 Å². The van der Waals surface area contributed by atoms with Crippen LogP contribution in [0.15, 0.2) is 114 Å². The van der Waals surface area contributed by atoms with Crippen molar-refractivity contribution >= 4 is 22.9 Å². The van der Waals surface area contributed by atoms with Gasteiger partial charge in [-0.3, -0.25) is 9.59 Å². The summed E-state index contributed by atoms with van der Waals surface area (Å²) < 4.78 is 5.45. The van der Waals surface area contributed by atoms with E-state index in [1.54, 1.807) is 7.11 Å². The molecule has 3 aromatic carbocycles. The van der Waals surface area contributed by atoms with Crippen molar-refractivity contribution < 1.29 is 14.3 Å². The lowest BCUT2D eigenvalue weighted by atomic mass is 9.52. The second-order valence-electron chi connectivity index (χ2n) is 17.2. The van der Waals surface area contributed by atoms with E-state index in [2.05, 4.69) is 97.3 Å². The van der Waals surface area contributed by atoms with E-state index in [4.69, 9.17) is 4.74 Å². The summed E-state index contributed by atoms with van der Waals surface area (Å²) in [5.41, 5.74) is 12.7. The van der Waals surface area contributed by atoms with Gasteiger partial charge in [-0.15, -0.1) is 0 Å². The van der Waals surface area contributed by atoms with Gasteiger partial charge >= 0.3 is 0 Å². The molecule has 0 amide bonds. The molecule has 3 aromatic rings. The Morgan fingerprint density at radius 2 is 1.48 bits per heavy atom. The SMILES string of the molecule is COc1ccc(-c2ccc3c(c2)CC(CC2(C)CC(N4CCc5ccccc54)=CC4=CC(=O)CC(C)(C)C42)N3C2=CC3=CC(=O)CCC3CC2)cc1. The molecule has 0 fully saturated rings. The number of benzene rings is 3. The third-order valence-corrected chi connectivity index (χ3v) is 13.1. The van der Waals surface area contributed by atoms with E-state index in [0.717, 1.165) is 57.2 Å². The quantitative estimate of drug-likeness (QED) is 0.258. The van der Waals surface area contributed by atoms with E-state index < -0.39 is 0 Å². The molecule has 2 aliphatic heterocycles. The summed E-state index contributed by atoms with van der Waals surface area (Å²) in [7, 11) is 1.71. The van der Waals surface area contributed by atoms with Crippen LogP contribution in [0.5, 0.6) is 5.75 Å². The third-order valence-electron chi connectivity index (χ3n) is 13.1. The number of allylic oxidation sites excluding steroid dienone is 8. The Kier molecular flexibility index (Phi) is 7.98.